The molecule has 0 aliphatic rings. The number of fused-ring (bicyclic) bond motifs is 2. The van der Waals surface area contributed by atoms with E-state index in [1.54, 1.807) is 6.20 Å². The summed E-state index contributed by atoms with van der Waals surface area (Å²) in [4.78, 5) is 12.7. The molecule has 0 fully saturated rings. The first kappa shape index (κ1) is 11.8. The van der Waals surface area contributed by atoms with Gasteiger partial charge in [0, 0.05) is 11.1 Å². The molecule has 3 aromatic heterocycles. The van der Waals surface area contributed by atoms with Gasteiger partial charge in [-0.3, -0.25) is 10.1 Å². The van der Waals surface area contributed by atoms with E-state index >= 15 is 0 Å². The predicted molar refractivity (Wildman–Crippen MR) is 78.2 cm³/mol. The van der Waals surface area contributed by atoms with E-state index in [0.29, 0.717) is 17.3 Å². The summed E-state index contributed by atoms with van der Waals surface area (Å²) in [6.45, 7) is 1.91. The van der Waals surface area contributed by atoms with E-state index in [1.807, 2.05) is 37.3 Å². The average molecular weight is 277 g/mol. The van der Waals surface area contributed by atoms with Crippen LogP contribution in [0.25, 0.3) is 21.9 Å². The fraction of sp³-hybridized carbons (Fsp3) is 0.0667. The van der Waals surface area contributed by atoms with Gasteiger partial charge in [0.05, 0.1) is 11.7 Å². The number of ether oxygens (including phenoxy) is 1. The van der Waals surface area contributed by atoms with E-state index in [4.69, 9.17) is 4.74 Å². The molecule has 6 heteroatoms. The number of aryl methyl sites for hydroxylation is 1. The van der Waals surface area contributed by atoms with Crippen LogP contribution >= 0.6 is 0 Å². The largest absolute Gasteiger partial charge is 0.436 e. The highest BCUT2D eigenvalue weighted by molar-refractivity contribution is 5.83. The van der Waals surface area contributed by atoms with Gasteiger partial charge in [0.15, 0.2) is 5.65 Å². The highest BCUT2D eigenvalue weighted by Gasteiger charge is 2.12. The van der Waals surface area contributed by atoms with Gasteiger partial charge in [-0.25, -0.2) is 9.97 Å². The molecule has 1 aromatic carbocycles. The van der Waals surface area contributed by atoms with E-state index in [1.165, 1.54) is 6.33 Å². The maximum atomic E-state index is 5.87. The van der Waals surface area contributed by atoms with Crippen LogP contribution in [0.2, 0.25) is 0 Å². The van der Waals surface area contributed by atoms with E-state index in [0.717, 1.165) is 22.0 Å². The number of aromatic amines is 1. The smallest absolute Gasteiger partial charge is 0.233 e. The Kier molecular flexibility index (Phi) is 2.53. The van der Waals surface area contributed by atoms with Crippen molar-refractivity contribution in [2.75, 3.05) is 0 Å². The van der Waals surface area contributed by atoms with Crippen molar-refractivity contribution in [1.82, 2.24) is 25.1 Å². The van der Waals surface area contributed by atoms with E-state index in [-0.39, 0.29) is 0 Å². The molecular weight excluding hydrogens is 266 g/mol. The second-order valence-corrected chi connectivity index (χ2v) is 4.69. The maximum Gasteiger partial charge on any atom is 0.233 e. The maximum absolute atomic E-state index is 5.87. The summed E-state index contributed by atoms with van der Waals surface area (Å²) in [7, 11) is 0. The van der Waals surface area contributed by atoms with E-state index in [9.17, 15) is 0 Å². The molecule has 0 aliphatic heterocycles. The van der Waals surface area contributed by atoms with E-state index < -0.39 is 0 Å². The molecule has 0 saturated heterocycles. The lowest BCUT2D eigenvalue weighted by Crippen LogP contribution is -1.92. The van der Waals surface area contributed by atoms with Crippen LogP contribution in [0.4, 0.5) is 0 Å². The summed E-state index contributed by atoms with van der Waals surface area (Å²) in [6.07, 6.45) is 3.12. The van der Waals surface area contributed by atoms with Crippen molar-refractivity contribution < 1.29 is 4.74 Å². The second kappa shape index (κ2) is 4.52. The standard InChI is InChI=1S/C15H11N5O/c1-9-13-14(20-19-9)17-8-18-15(13)21-11-6-10-4-2-3-5-12(10)16-7-11/h2-8H,1H3,(H,17,18,19,20). The first-order valence-corrected chi connectivity index (χ1v) is 6.49. The molecule has 0 bridgehead atoms. The molecule has 4 rings (SSSR count). The molecule has 0 spiro atoms. The van der Waals surface area contributed by atoms with Crippen LogP contribution in [0, 0.1) is 6.92 Å². The number of pyridine rings is 1. The minimum Gasteiger partial charge on any atom is -0.436 e. The number of nitrogens with one attached hydrogen (secondary N) is 1. The Hall–Kier alpha value is -3.02. The number of benzene rings is 1. The van der Waals surface area contributed by atoms with Crippen LogP contribution in [0.3, 0.4) is 0 Å². The van der Waals surface area contributed by atoms with Crippen LogP contribution in [-0.4, -0.2) is 25.1 Å². The number of hydrogen-bond acceptors (Lipinski definition) is 5. The number of nitrogens with zero attached hydrogens (tertiary/aromatic N) is 4. The van der Waals surface area contributed by atoms with Gasteiger partial charge in [0.25, 0.3) is 0 Å². The molecule has 0 saturated carbocycles. The van der Waals surface area contributed by atoms with Gasteiger partial charge < -0.3 is 4.74 Å². The van der Waals surface area contributed by atoms with Gasteiger partial charge in [-0.1, -0.05) is 18.2 Å². The Morgan fingerprint density at radius 1 is 1.10 bits per heavy atom. The Balaban J connectivity index is 1.81. The van der Waals surface area contributed by atoms with Crippen LogP contribution in [0.5, 0.6) is 11.6 Å². The Bertz CT molecular complexity index is 947. The van der Waals surface area contributed by atoms with Crippen molar-refractivity contribution in [3.63, 3.8) is 0 Å². The number of H-pyrrole nitrogens is 1. The third-order valence-corrected chi connectivity index (χ3v) is 3.28. The molecule has 102 valence electrons. The third kappa shape index (κ3) is 1.97. The van der Waals surface area contributed by atoms with E-state index in [2.05, 4.69) is 25.1 Å². The van der Waals surface area contributed by atoms with Gasteiger partial charge in [-0.05, 0) is 19.1 Å². The molecule has 3 heterocycles. The zero-order valence-electron chi connectivity index (χ0n) is 11.2. The lowest BCUT2D eigenvalue weighted by molar-refractivity contribution is 0.467. The molecule has 0 atom stereocenters. The SMILES string of the molecule is Cc1[nH]nc2ncnc(Oc3cnc4ccccc4c3)c12. The van der Waals surface area contributed by atoms with Gasteiger partial charge in [0.2, 0.25) is 5.88 Å². The van der Waals surface area contributed by atoms with Crippen molar-refractivity contribution in [2.45, 2.75) is 6.92 Å². The number of aromatic nitrogens is 5. The van der Waals surface area contributed by atoms with Gasteiger partial charge in [0.1, 0.15) is 17.5 Å². The van der Waals surface area contributed by atoms with Crippen LogP contribution in [0.15, 0.2) is 42.9 Å². The third-order valence-electron chi connectivity index (χ3n) is 3.28. The highest BCUT2D eigenvalue weighted by Crippen LogP contribution is 2.28. The molecular formula is C15H11N5O. The quantitative estimate of drug-likeness (QED) is 0.609. The second-order valence-electron chi connectivity index (χ2n) is 4.69. The molecule has 6 nitrogen and oxygen atoms in total. The summed E-state index contributed by atoms with van der Waals surface area (Å²) in [6, 6.07) is 9.82. The summed E-state index contributed by atoms with van der Waals surface area (Å²) < 4.78 is 5.87. The summed E-state index contributed by atoms with van der Waals surface area (Å²) in [5.41, 5.74) is 2.39. The first-order chi connectivity index (χ1) is 10.3. The first-order valence-electron chi connectivity index (χ1n) is 6.49. The summed E-state index contributed by atoms with van der Waals surface area (Å²) in [5.74, 6) is 1.11. The Labute approximate surface area is 119 Å². The molecule has 0 radical (unpaired) electrons. The fourth-order valence-corrected chi connectivity index (χ4v) is 2.26. The highest BCUT2D eigenvalue weighted by atomic mass is 16.5. The Morgan fingerprint density at radius 3 is 2.95 bits per heavy atom. The van der Waals surface area contributed by atoms with Crippen molar-refractivity contribution >= 4 is 21.9 Å². The molecule has 0 amide bonds. The number of hydrogen-bond donors (Lipinski definition) is 1. The normalized spacial score (nSPS) is 11.1. The van der Waals surface area contributed by atoms with Gasteiger partial charge in [-0.15, -0.1) is 0 Å². The minimum atomic E-state index is 0.475. The van der Waals surface area contributed by atoms with Crippen LogP contribution in [0.1, 0.15) is 5.69 Å². The zero-order valence-corrected chi connectivity index (χ0v) is 11.2. The molecule has 0 aliphatic carbocycles. The minimum absolute atomic E-state index is 0.475. The number of para-hydroxylation sites is 1. The predicted octanol–water partition coefficient (Wildman–Crippen LogP) is 3.00. The van der Waals surface area contributed by atoms with Gasteiger partial charge >= 0.3 is 0 Å². The Morgan fingerprint density at radius 2 is 2.00 bits per heavy atom. The van der Waals surface area contributed by atoms with Gasteiger partial charge in [-0.2, -0.15) is 5.10 Å². The van der Waals surface area contributed by atoms with Crippen molar-refractivity contribution in [3.05, 3.63) is 48.5 Å². The summed E-state index contributed by atoms with van der Waals surface area (Å²) >= 11 is 0. The average Bonchev–Trinajstić information content (AvgIpc) is 2.90. The fourth-order valence-electron chi connectivity index (χ4n) is 2.26. The lowest BCUT2D eigenvalue weighted by Gasteiger charge is -2.06. The van der Waals surface area contributed by atoms with Crippen molar-refractivity contribution in [2.24, 2.45) is 0 Å². The molecule has 0 unspecified atom stereocenters. The van der Waals surface area contributed by atoms with Crippen molar-refractivity contribution in [3.8, 4) is 11.6 Å². The number of rotatable bonds is 2. The summed E-state index contributed by atoms with van der Waals surface area (Å²) in [5, 5.41) is 8.78. The molecule has 1 N–H and O–H groups in total. The topological polar surface area (TPSA) is 76.6 Å². The lowest BCUT2D eigenvalue weighted by atomic mass is 10.2. The monoisotopic (exact) mass is 277 g/mol. The van der Waals surface area contributed by atoms with Crippen LogP contribution in [-0.2, 0) is 0 Å². The molecule has 21 heavy (non-hydrogen) atoms. The molecule has 4 aromatic rings. The zero-order chi connectivity index (χ0) is 14.2. The van der Waals surface area contributed by atoms with Crippen molar-refractivity contribution in [1.29, 1.82) is 0 Å². The van der Waals surface area contributed by atoms with Crippen LogP contribution < -0.4 is 4.74 Å².